The van der Waals surface area contributed by atoms with E-state index in [0.29, 0.717) is 24.8 Å². The summed E-state index contributed by atoms with van der Waals surface area (Å²) in [6.07, 6.45) is 6.14. The second-order valence-electron chi connectivity index (χ2n) is 12.2. The molecular formula is C38H44N2O12S. The Morgan fingerprint density at radius 3 is 1.81 bits per heavy atom. The van der Waals surface area contributed by atoms with E-state index in [1.54, 1.807) is 11.3 Å². The van der Waals surface area contributed by atoms with Crippen LogP contribution in [0.25, 0.3) is 20.5 Å². The maximum Gasteiger partial charge on any atom is 0.414 e. The van der Waals surface area contributed by atoms with E-state index in [-0.39, 0.29) is 11.3 Å². The molecule has 3 heterocycles. The van der Waals surface area contributed by atoms with Crippen molar-refractivity contribution in [3.63, 3.8) is 0 Å². The van der Waals surface area contributed by atoms with E-state index >= 15 is 0 Å². The minimum absolute atomic E-state index is 0. The van der Waals surface area contributed by atoms with Crippen LogP contribution in [-0.2, 0) is 19.2 Å². The highest BCUT2D eigenvalue weighted by Crippen LogP contribution is 2.40. The largest absolute Gasteiger partial charge is 0.494 e. The second kappa shape index (κ2) is 20.6. The number of thiophene rings is 1. The van der Waals surface area contributed by atoms with Crippen LogP contribution >= 0.6 is 11.3 Å². The summed E-state index contributed by atoms with van der Waals surface area (Å²) in [5.41, 5.74) is 2.48. The minimum Gasteiger partial charge on any atom is -0.494 e. The number of carbonyl (C=O) groups is 5. The first kappa shape index (κ1) is 42.1. The molecule has 0 bridgehead atoms. The highest BCUT2D eigenvalue weighted by Gasteiger charge is 2.23. The lowest BCUT2D eigenvalue weighted by molar-refractivity contribution is -0.159. The third kappa shape index (κ3) is 12.4. The summed E-state index contributed by atoms with van der Waals surface area (Å²) < 4.78 is 13.2. The predicted molar refractivity (Wildman–Crippen MR) is 198 cm³/mol. The average molecular weight is 753 g/mol. The summed E-state index contributed by atoms with van der Waals surface area (Å²) in [6.45, 7) is 5.90. The number of aliphatic carboxylic acids is 4. The summed E-state index contributed by atoms with van der Waals surface area (Å²) in [7, 11) is 2.19. The molecule has 1 unspecified atom stereocenters. The monoisotopic (exact) mass is 752 g/mol. The zero-order valence-electron chi connectivity index (χ0n) is 29.2. The van der Waals surface area contributed by atoms with Gasteiger partial charge in [0.15, 0.2) is 5.78 Å². The van der Waals surface area contributed by atoms with Gasteiger partial charge in [0.2, 0.25) is 0 Å². The van der Waals surface area contributed by atoms with Crippen LogP contribution in [0.2, 0.25) is 0 Å². The van der Waals surface area contributed by atoms with Crippen LogP contribution in [0.1, 0.15) is 48.0 Å². The lowest BCUT2D eigenvalue weighted by atomic mass is 9.97. The zero-order valence-corrected chi connectivity index (χ0v) is 30.0. The van der Waals surface area contributed by atoms with Crippen molar-refractivity contribution in [2.24, 2.45) is 0 Å². The molecule has 2 saturated heterocycles. The van der Waals surface area contributed by atoms with Crippen LogP contribution in [0.5, 0.6) is 11.5 Å². The minimum atomic E-state index is -1.82. The molecule has 14 nitrogen and oxygen atoms in total. The summed E-state index contributed by atoms with van der Waals surface area (Å²) in [5, 5.41) is 30.6. The van der Waals surface area contributed by atoms with Crippen LogP contribution in [0, 0.1) is 0 Å². The molecule has 0 amide bonds. The molecule has 15 heteroatoms. The number of nitrogens with zero attached hydrogens (tertiary/aromatic N) is 2. The van der Waals surface area contributed by atoms with Crippen molar-refractivity contribution < 1.29 is 59.3 Å². The molecule has 1 atom stereocenters. The smallest absolute Gasteiger partial charge is 0.414 e. The number of ether oxygens (including phenoxy) is 2. The van der Waals surface area contributed by atoms with Gasteiger partial charge in [-0.1, -0.05) is 18.2 Å². The molecule has 53 heavy (non-hydrogen) atoms. The zero-order chi connectivity index (χ0) is 37.6. The van der Waals surface area contributed by atoms with Crippen molar-refractivity contribution in [2.45, 2.75) is 38.1 Å². The van der Waals surface area contributed by atoms with E-state index in [0.717, 1.165) is 50.6 Å². The van der Waals surface area contributed by atoms with E-state index in [2.05, 4.69) is 41.1 Å². The number of carbonyl (C=O) groups excluding carboxylic acids is 1. The maximum absolute atomic E-state index is 13.9. The van der Waals surface area contributed by atoms with Crippen LogP contribution < -0.4 is 9.47 Å². The molecule has 0 saturated carbocycles. The number of hydrogen-bond acceptors (Lipinski definition) is 10. The molecule has 0 aliphatic carbocycles. The molecule has 6 rings (SSSR count). The molecule has 0 spiro atoms. The molecule has 2 aliphatic rings. The van der Waals surface area contributed by atoms with Gasteiger partial charge in [-0.3, -0.25) is 9.69 Å². The number of carboxylic acid groups (broad SMARTS) is 4. The first-order valence-electron chi connectivity index (χ1n) is 16.8. The number of fused-ring (bicyclic) bond motifs is 1. The van der Waals surface area contributed by atoms with Crippen molar-refractivity contribution in [3.8, 4) is 21.9 Å². The normalized spacial score (nSPS) is 15.2. The third-order valence-electron chi connectivity index (χ3n) is 8.69. The summed E-state index contributed by atoms with van der Waals surface area (Å²) in [5.74, 6) is -5.58. The molecule has 0 radical (unpaired) electrons. The van der Waals surface area contributed by atoms with Gasteiger partial charge in [0.1, 0.15) is 18.1 Å². The van der Waals surface area contributed by atoms with E-state index in [9.17, 15) is 4.79 Å². The van der Waals surface area contributed by atoms with Gasteiger partial charge < -0.3 is 40.3 Å². The average Bonchev–Trinajstić information content (AvgIpc) is 3.90. The first-order valence-corrected chi connectivity index (χ1v) is 17.6. The Morgan fingerprint density at radius 1 is 0.717 bits per heavy atom. The number of likely N-dealkylation sites (tertiary alicyclic amines) is 2. The van der Waals surface area contributed by atoms with Gasteiger partial charge in [0, 0.05) is 38.7 Å². The van der Waals surface area contributed by atoms with E-state index in [4.69, 9.17) is 49.1 Å². The SMILES string of the molecule is CN1CCCC1CCOc1ccc(C(=O)c2c(-c3ccc(OCCN4CCCC4)cc3)sc3ccccc23)cc1.O.O=C(O)C(=O)O.O=C(O)C(=O)O. The lowest BCUT2D eigenvalue weighted by Crippen LogP contribution is -2.26. The molecular weight excluding hydrogens is 708 g/mol. The fraction of sp³-hybridized carbons (Fsp3) is 0.342. The fourth-order valence-electron chi connectivity index (χ4n) is 5.98. The highest BCUT2D eigenvalue weighted by molar-refractivity contribution is 7.22. The Hall–Kier alpha value is -5.35. The van der Waals surface area contributed by atoms with Crippen LogP contribution in [0.3, 0.4) is 0 Å². The number of hydrogen-bond donors (Lipinski definition) is 4. The van der Waals surface area contributed by atoms with Crippen LogP contribution in [0.15, 0.2) is 72.8 Å². The van der Waals surface area contributed by atoms with Crippen molar-refractivity contribution in [1.82, 2.24) is 9.80 Å². The molecule has 2 fully saturated rings. The Bertz CT molecular complexity index is 1790. The summed E-state index contributed by atoms with van der Waals surface area (Å²) >= 11 is 1.67. The van der Waals surface area contributed by atoms with Gasteiger partial charge in [-0.25, -0.2) is 19.2 Å². The Labute approximate surface area is 310 Å². The van der Waals surface area contributed by atoms with Crippen molar-refractivity contribution in [1.29, 1.82) is 0 Å². The Balaban J connectivity index is 0.000000505. The number of benzene rings is 3. The molecule has 284 valence electrons. The number of carboxylic acids is 4. The molecule has 6 N–H and O–H groups in total. The van der Waals surface area contributed by atoms with Crippen molar-refractivity contribution in [3.05, 3.63) is 83.9 Å². The van der Waals surface area contributed by atoms with Gasteiger partial charge in [-0.2, -0.15) is 0 Å². The Kier molecular flexibility index (Phi) is 16.4. The van der Waals surface area contributed by atoms with Gasteiger partial charge in [-0.05, 0) is 119 Å². The maximum atomic E-state index is 13.9. The van der Waals surface area contributed by atoms with E-state index in [1.165, 1.54) is 45.3 Å². The molecule has 3 aromatic carbocycles. The predicted octanol–water partition coefficient (Wildman–Crippen LogP) is 4.62. The van der Waals surface area contributed by atoms with Crippen LogP contribution in [-0.4, -0.2) is 118 Å². The van der Waals surface area contributed by atoms with Gasteiger partial charge >= 0.3 is 23.9 Å². The first-order chi connectivity index (χ1) is 24.9. The van der Waals surface area contributed by atoms with Gasteiger partial charge in [0.05, 0.1) is 6.61 Å². The number of rotatable bonds is 11. The molecule has 1 aromatic heterocycles. The van der Waals surface area contributed by atoms with Crippen molar-refractivity contribution >= 4 is 51.1 Å². The van der Waals surface area contributed by atoms with Crippen molar-refractivity contribution in [2.75, 3.05) is 46.4 Å². The molecule has 2 aliphatic heterocycles. The van der Waals surface area contributed by atoms with Gasteiger partial charge in [0.25, 0.3) is 0 Å². The molecule has 4 aromatic rings. The summed E-state index contributed by atoms with van der Waals surface area (Å²) in [6, 6.07) is 24.6. The second-order valence-corrected chi connectivity index (χ2v) is 13.3. The quantitative estimate of drug-likeness (QED) is 0.121. The standard InChI is InChI=1S/C34H38N2O3S.2C2H2O4.H2O/c1-35-19-6-7-27(35)18-23-38-28-14-10-25(11-15-28)33(37)32-30-8-2-3-9-31(30)40-34(32)26-12-16-29(17-13-26)39-24-22-36-20-4-5-21-36;2*3-1(4)2(5)6;/h2-3,8-17,27H,4-7,18-24H2,1H3;2*(H,3,4)(H,5,6);1H2. The topological polar surface area (TPSA) is 223 Å². The highest BCUT2D eigenvalue weighted by atomic mass is 32.1. The third-order valence-corrected chi connectivity index (χ3v) is 9.91. The van der Waals surface area contributed by atoms with Crippen LogP contribution in [0.4, 0.5) is 0 Å². The Morgan fingerprint density at radius 2 is 1.26 bits per heavy atom. The van der Waals surface area contributed by atoms with E-state index in [1.807, 2.05) is 48.5 Å². The summed E-state index contributed by atoms with van der Waals surface area (Å²) in [4.78, 5) is 56.2. The van der Waals surface area contributed by atoms with E-state index < -0.39 is 23.9 Å². The lowest BCUT2D eigenvalue weighted by Gasteiger charge is -2.19. The fourth-order valence-corrected chi connectivity index (χ4v) is 7.18. The van der Waals surface area contributed by atoms with Gasteiger partial charge in [-0.15, -0.1) is 11.3 Å². The number of ketones is 1.